The van der Waals surface area contributed by atoms with Crippen molar-refractivity contribution in [2.75, 3.05) is 11.9 Å². The zero-order valence-corrected chi connectivity index (χ0v) is 13.5. The Morgan fingerprint density at radius 1 is 1.29 bits per heavy atom. The van der Waals surface area contributed by atoms with Crippen LogP contribution in [0.15, 0.2) is 36.4 Å². The molecule has 3 rings (SSSR count). The van der Waals surface area contributed by atoms with Gasteiger partial charge in [-0.05, 0) is 41.6 Å². The molecule has 0 bridgehead atoms. The Bertz CT molecular complexity index is 964. The van der Waals surface area contributed by atoms with Gasteiger partial charge in [-0.1, -0.05) is 28.0 Å². The summed E-state index contributed by atoms with van der Waals surface area (Å²) in [5.74, 6) is -0.415. The highest BCUT2D eigenvalue weighted by Gasteiger charge is 2.10. The Hall–Kier alpha value is -2.82. The van der Waals surface area contributed by atoms with Gasteiger partial charge in [-0.15, -0.1) is 5.10 Å². The molecule has 120 valence electrons. The third-order valence-corrected chi connectivity index (χ3v) is 3.62. The van der Waals surface area contributed by atoms with Crippen LogP contribution in [-0.2, 0) is 4.79 Å². The Morgan fingerprint density at radius 3 is 2.88 bits per heavy atom. The van der Waals surface area contributed by atoms with E-state index in [1.165, 1.54) is 12.1 Å². The lowest BCUT2D eigenvalue weighted by Crippen LogP contribution is -2.26. The number of carbonyl (C=O) groups excluding carboxylic acids is 1. The van der Waals surface area contributed by atoms with Crippen molar-refractivity contribution in [3.63, 3.8) is 0 Å². The summed E-state index contributed by atoms with van der Waals surface area (Å²) in [6.07, 6.45) is 0. The van der Waals surface area contributed by atoms with Crippen LogP contribution in [0.2, 0.25) is 10.0 Å². The molecule has 0 aliphatic rings. The molecule has 24 heavy (non-hydrogen) atoms. The summed E-state index contributed by atoms with van der Waals surface area (Å²) >= 11 is 11.8. The maximum Gasteiger partial charge on any atom is 0.265 e. The second kappa shape index (κ2) is 6.74. The van der Waals surface area contributed by atoms with Gasteiger partial charge >= 0.3 is 0 Å². The van der Waals surface area contributed by atoms with Crippen LogP contribution in [-0.4, -0.2) is 27.7 Å². The molecule has 0 spiro atoms. The van der Waals surface area contributed by atoms with Gasteiger partial charge in [0.1, 0.15) is 17.1 Å². The minimum Gasteiger partial charge on any atom is -0.385 e. The van der Waals surface area contributed by atoms with Gasteiger partial charge in [-0.25, -0.2) is 0 Å². The van der Waals surface area contributed by atoms with Crippen molar-refractivity contribution in [2.24, 2.45) is 0 Å². The first-order valence-corrected chi connectivity index (χ1v) is 7.46. The zero-order chi connectivity index (χ0) is 17.1. The summed E-state index contributed by atoms with van der Waals surface area (Å²) < 4.78 is 0. The van der Waals surface area contributed by atoms with Gasteiger partial charge in [0.15, 0.2) is 6.61 Å². The molecule has 0 saturated heterocycles. The second-order valence-corrected chi connectivity index (χ2v) is 5.57. The summed E-state index contributed by atoms with van der Waals surface area (Å²) in [6, 6.07) is 11.5. The molecule has 0 radical (unpaired) electrons. The maximum atomic E-state index is 11.9. The Morgan fingerprint density at radius 2 is 2.12 bits per heavy atom. The predicted molar refractivity (Wildman–Crippen MR) is 88.8 cm³/mol. The zero-order valence-electron chi connectivity index (χ0n) is 12.0. The largest absolute Gasteiger partial charge is 0.385 e. The van der Waals surface area contributed by atoms with E-state index in [0.29, 0.717) is 27.3 Å². The Kier molecular flexibility index (Phi) is 4.51. The van der Waals surface area contributed by atoms with Crippen LogP contribution in [0.25, 0.3) is 11.0 Å². The molecule has 1 aromatic heterocycles. The van der Waals surface area contributed by atoms with E-state index in [-0.39, 0.29) is 11.6 Å². The molecule has 1 amide bonds. The number of benzene rings is 2. The van der Waals surface area contributed by atoms with Crippen molar-refractivity contribution in [1.82, 2.24) is 15.2 Å². The number of rotatable bonds is 4. The molecule has 1 heterocycles. The number of hydrogen-bond donors (Lipinski definition) is 1. The van der Waals surface area contributed by atoms with Crippen LogP contribution in [0.1, 0.15) is 5.56 Å². The van der Waals surface area contributed by atoms with E-state index in [1.54, 1.807) is 24.3 Å². The fraction of sp³-hybridized carbons (Fsp3) is 0.0667. The average molecular weight is 362 g/mol. The number of nitrogens with one attached hydrogen (secondary N) is 1. The molecule has 3 aromatic rings. The quantitative estimate of drug-likeness (QED) is 0.770. The average Bonchev–Trinajstić information content (AvgIpc) is 2.95. The Labute approximate surface area is 146 Å². The van der Waals surface area contributed by atoms with Crippen molar-refractivity contribution < 1.29 is 9.63 Å². The van der Waals surface area contributed by atoms with Crippen LogP contribution in [0.5, 0.6) is 0 Å². The lowest BCUT2D eigenvalue weighted by molar-refractivity contribution is -0.121. The number of nitriles is 1. The number of amides is 1. The van der Waals surface area contributed by atoms with Crippen LogP contribution in [0, 0.1) is 11.3 Å². The standard InChI is InChI=1S/C15H9Cl2N5O2/c16-10-2-4-13-14(5-10)22(21-20-13)24-8-15(23)19-11-3-1-9(7-18)12(17)6-11/h1-6H,8H2,(H,19,23). The van der Waals surface area contributed by atoms with Crippen molar-refractivity contribution in [3.8, 4) is 6.07 Å². The SMILES string of the molecule is N#Cc1ccc(NC(=O)COn2nnc3ccc(Cl)cc32)cc1Cl. The van der Waals surface area contributed by atoms with E-state index in [9.17, 15) is 4.79 Å². The van der Waals surface area contributed by atoms with Gasteiger partial charge in [0.05, 0.1) is 10.6 Å². The number of nitrogens with zero attached hydrogens (tertiary/aromatic N) is 4. The van der Waals surface area contributed by atoms with E-state index in [0.717, 1.165) is 4.85 Å². The van der Waals surface area contributed by atoms with Gasteiger partial charge in [0.25, 0.3) is 5.91 Å². The molecule has 0 saturated carbocycles. The third-order valence-electron chi connectivity index (χ3n) is 3.07. The van der Waals surface area contributed by atoms with E-state index in [2.05, 4.69) is 15.6 Å². The number of hydrogen-bond acceptors (Lipinski definition) is 5. The monoisotopic (exact) mass is 361 g/mol. The van der Waals surface area contributed by atoms with E-state index in [4.69, 9.17) is 33.3 Å². The van der Waals surface area contributed by atoms with Gasteiger partial charge in [-0.3, -0.25) is 4.79 Å². The van der Waals surface area contributed by atoms with E-state index >= 15 is 0 Å². The smallest absolute Gasteiger partial charge is 0.265 e. The van der Waals surface area contributed by atoms with Gasteiger partial charge in [0, 0.05) is 10.7 Å². The minimum absolute atomic E-state index is 0.258. The first-order valence-electron chi connectivity index (χ1n) is 6.70. The molecule has 1 N–H and O–H groups in total. The first kappa shape index (κ1) is 16.1. The van der Waals surface area contributed by atoms with Crippen molar-refractivity contribution in [2.45, 2.75) is 0 Å². The summed E-state index contributed by atoms with van der Waals surface area (Å²) in [6.45, 7) is -0.289. The maximum absolute atomic E-state index is 11.9. The number of aromatic nitrogens is 3. The number of halogens is 2. The molecule has 0 unspecified atom stereocenters. The molecule has 0 fully saturated rings. The van der Waals surface area contributed by atoms with Crippen molar-refractivity contribution in [3.05, 3.63) is 52.0 Å². The van der Waals surface area contributed by atoms with Gasteiger partial charge in [0.2, 0.25) is 0 Å². The van der Waals surface area contributed by atoms with Gasteiger partial charge < -0.3 is 10.2 Å². The molecular formula is C15H9Cl2N5O2. The van der Waals surface area contributed by atoms with Crippen LogP contribution < -0.4 is 10.2 Å². The van der Waals surface area contributed by atoms with E-state index < -0.39 is 5.91 Å². The molecule has 9 heteroatoms. The molecule has 0 atom stereocenters. The topological polar surface area (TPSA) is 92.8 Å². The molecule has 0 aliphatic carbocycles. The van der Waals surface area contributed by atoms with Crippen LogP contribution >= 0.6 is 23.2 Å². The van der Waals surface area contributed by atoms with Crippen LogP contribution in [0.3, 0.4) is 0 Å². The fourth-order valence-corrected chi connectivity index (χ4v) is 2.36. The number of fused-ring (bicyclic) bond motifs is 1. The Balaban J connectivity index is 1.66. The summed E-state index contributed by atoms with van der Waals surface area (Å²) in [5, 5.41) is 19.9. The second-order valence-electron chi connectivity index (χ2n) is 4.72. The molecule has 0 aliphatic heterocycles. The number of anilines is 1. The highest BCUT2D eigenvalue weighted by atomic mass is 35.5. The van der Waals surface area contributed by atoms with Crippen molar-refractivity contribution >= 4 is 45.8 Å². The lowest BCUT2D eigenvalue weighted by Gasteiger charge is -2.07. The first-order chi connectivity index (χ1) is 11.6. The normalized spacial score (nSPS) is 10.4. The summed E-state index contributed by atoms with van der Waals surface area (Å²) in [5.41, 5.74) is 1.94. The predicted octanol–water partition coefficient (Wildman–Crippen LogP) is 2.68. The van der Waals surface area contributed by atoms with E-state index in [1.807, 2.05) is 6.07 Å². The summed E-state index contributed by atoms with van der Waals surface area (Å²) in [7, 11) is 0. The number of carbonyl (C=O) groups is 1. The van der Waals surface area contributed by atoms with Gasteiger partial charge in [-0.2, -0.15) is 5.26 Å². The fourth-order valence-electron chi connectivity index (χ4n) is 1.97. The third kappa shape index (κ3) is 3.40. The lowest BCUT2D eigenvalue weighted by atomic mass is 10.2. The molecule has 2 aromatic carbocycles. The molecular weight excluding hydrogens is 353 g/mol. The van der Waals surface area contributed by atoms with Crippen LogP contribution in [0.4, 0.5) is 5.69 Å². The minimum atomic E-state index is -0.415. The molecule has 7 nitrogen and oxygen atoms in total. The highest BCUT2D eigenvalue weighted by molar-refractivity contribution is 6.32. The van der Waals surface area contributed by atoms with Crippen molar-refractivity contribution in [1.29, 1.82) is 5.26 Å². The highest BCUT2D eigenvalue weighted by Crippen LogP contribution is 2.20. The summed E-state index contributed by atoms with van der Waals surface area (Å²) in [4.78, 5) is 18.4.